The summed E-state index contributed by atoms with van der Waals surface area (Å²) in [7, 11) is 0. The van der Waals surface area contributed by atoms with Gasteiger partial charge in [0.15, 0.2) is 0 Å². The molecule has 1 N–H and O–H groups in total. The minimum atomic E-state index is -0.914. The van der Waals surface area contributed by atoms with Crippen LogP contribution in [0.15, 0.2) is 36.2 Å². The summed E-state index contributed by atoms with van der Waals surface area (Å²) in [4.78, 5) is 15.1. The van der Waals surface area contributed by atoms with Gasteiger partial charge < -0.3 is 10.0 Å². The third-order valence-corrected chi connectivity index (χ3v) is 3.61. The number of hydrogen-bond acceptors (Lipinski definition) is 2. The molecule has 0 radical (unpaired) electrons. The number of amides is 1. The van der Waals surface area contributed by atoms with Crippen molar-refractivity contribution in [2.24, 2.45) is 0 Å². The molecule has 3 rings (SSSR count). The molecule has 4 nitrogen and oxygen atoms in total. The summed E-state index contributed by atoms with van der Waals surface area (Å²) in [6.45, 7) is 1.83. The van der Waals surface area contributed by atoms with E-state index in [4.69, 9.17) is 0 Å². The lowest BCUT2D eigenvalue weighted by atomic mass is 10.1. The van der Waals surface area contributed by atoms with Gasteiger partial charge in [-0.15, -0.1) is 0 Å². The number of para-hydroxylation sites is 1. The lowest BCUT2D eigenvalue weighted by Crippen LogP contribution is -2.28. The maximum absolute atomic E-state index is 11.4. The molecule has 18 heavy (non-hydrogen) atoms. The highest BCUT2D eigenvalue weighted by molar-refractivity contribution is 5.89. The van der Waals surface area contributed by atoms with Crippen LogP contribution in [0.1, 0.15) is 24.8 Å². The monoisotopic (exact) mass is 244 g/mol. The summed E-state index contributed by atoms with van der Waals surface area (Å²) >= 11 is 0. The Morgan fingerprint density at radius 1 is 1.22 bits per heavy atom. The van der Waals surface area contributed by atoms with Gasteiger partial charge in [-0.25, -0.2) is 4.79 Å². The molecule has 1 saturated heterocycles. The predicted molar refractivity (Wildman–Crippen MR) is 69.3 cm³/mol. The second kappa shape index (κ2) is 4.37. The number of allylic oxidation sites excluding steroid dienone is 1. The Hall–Kier alpha value is -1.97. The Bertz CT molecular complexity index is 510. The van der Waals surface area contributed by atoms with Crippen LogP contribution in [0.2, 0.25) is 0 Å². The Labute approximate surface area is 106 Å². The molecule has 1 fully saturated rings. The van der Waals surface area contributed by atoms with Gasteiger partial charge in [0.05, 0.1) is 5.69 Å². The van der Waals surface area contributed by atoms with Crippen LogP contribution < -0.4 is 4.90 Å². The Kier molecular flexibility index (Phi) is 2.70. The lowest BCUT2D eigenvalue weighted by molar-refractivity contribution is 0.204. The van der Waals surface area contributed by atoms with Crippen LogP contribution in [0.25, 0.3) is 0 Å². The van der Waals surface area contributed by atoms with Crippen molar-refractivity contribution in [2.45, 2.75) is 25.8 Å². The molecule has 0 aliphatic carbocycles. The van der Waals surface area contributed by atoms with Crippen LogP contribution in [-0.4, -0.2) is 22.6 Å². The molecular weight excluding hydrogens is 228 g/mol. The van der Waals surface area contributed by atoms with E-state index in [1.54, 1.807) is 6.20 Å². The van der Waals surface area contributed by atoms with E-state index in [1.165, 1.54) is 11.3 Å². The summed E-state index contributed by atoms with van der Waals surface area (Å²) in [6.07, 6.45) is 4.17. The molecule has 0 saturated carbocycles. The fraction of sp³-hybridized carbons (Fsp3) is 0.357. The molecule has 1 amide bonds. The van der Waals surface area contributed by atoms with E-state index in [0.29, 0.717) is 0 Å². The van der Waals surface area contributed by atoms with Crippen molar-refractivity contribution in [3.05, 3.63) is 41.7 Å². The number of benzene rings is 1. The van der Waals surface area contributed by atoms with E-state index < -0.39 is 6.09 Å². The Morgan fingerprint density at radius 2 is 2.06 bits per heavy atom. The van der Waals surface area contributed by atoms with Gasteiger partial charge in [0, 0.05) is 25.0 Å². The third kappa shape index (κ3) is 1.83. The van der Waals surface area contributed by atoms with Crippen LogP contribution >= 0.6 is 0 Å². The summed E-state index contributed by atoms with van der Waals surface area (Å²) in [5, 5.41) is 9.36. The number of piperidine rings is 1. The maximum atomic E-state index is 11.4. The summed E-state index contributed by atoms with van der Waals surface area (Å²) in [5.41, 5.74) is 3.00. The Balaban J connectivity index is 2.08. The van der Waals surface area contributed by atoms with Crippen molar-refractivity contribution in [1.82, 2.24) is 4.90 Å². The lowest BCUT2D eigenvalue weighted by Gasteiger charge is -2.30. The first-order valence-corrected chi connectivity index (χ1v) is 6.31. The summed E-state index contributed by atoms with van der Waals surface area (Å²) < 4.78 is 0. The number of anilines is 1. The highest BCUT2D eigenvalue weighted by atomic mass is 16.4. The summed E-state index contributed by atoms with van der Waals surface area (Å²) in [5.74, 6) is 0. The first-order chi connectivity index (χ1) is 8.75. The van der Waals surface area contributed by atoms with Crippen LogP contribution in [0.5, 0.6) is 0 Å². The average Bonchev–Trinajstić information content (AvgIpc) is 2.55. The topological polar surface area (TPSA) is 43.8 Å². The quantitative estimate of drug-likeness (QED) is 0.763. The van der Waals surface area contributed by atoms with Crippen molar-refractivity contribution in [3.8, 4) is 0 Å². The van der Waals surface area contributed by atoms with Gasteiger partial charge in [-0.3, -0.25) is 4.90 Å². The molecule has 0 aromatic heterocycles. The molecule has 2 heterocycles. The molecule has 0 bridgehead atoms. The van der Waals surface area contributed by atoms with Crippen molar-refractivity contribution in [2.75, 3.05) is 11.4 Å². The van der Waals surface area contributed by atoms with Crippen molar-refractivity contribution >= 4 is 11.8 Å². The van der Waals surface area contributed by atoms with Gasteiger partial charge in [-0.05, 0) is 30.9 Å². The standard InChI is InChI=1S/C14H16N2O2/c17-14(18)16-10-12-6-3-4-8-15(12)9-11-5-1-2-7-13(11)16/h1-2,5,7,10H,3-4,6,8-9H2,(H,17,18). The summed E-state index contributed by atoms with van der Waals surface area (Å²) in [6, 6.07) is 7.74. The van der Waals surface area contributed by atoms with Crippen LogP contribution in [0, 0.1) is 0 Å². The second-order valence-corrected chi connectivity index (χ2v) is 4.78. The number of nitrogens with zero attached hydrogens (tertiary/aromatic N) is 2. The molecule has 4 heteroatoms. The van der Waals surface area contributed by atoms with Gasteiger partial charge in [-0.2, -0.15) is 0 Å². The maximum Gasteiger partial charge on any atom is 0.416 e. The van der Waals surface area contributed by atoms with Gasteiger partial charge in [0.2, 0.25) is 0 Å². The van der Waals surface area contributed by atoms with Crippen molar-refractivity contribution in [1.29, 1.82) is 0 Å². The average molecular weight is 244 g/mol. The molecule has 0 atom stereocenters. The van der Waals surface area contributed by atoms with E-state index >= 15 is 0 Å². The van der Waals surface area contributed by atoms with Gasteiger partial charge >= 0.3 is 6.09 Å². The molecule has 2 aliphatic heterocycles. The highest BCUT2D eigenvalue weighted by Crippen LogP contribution is 2.32. The van der Waals surface area contributed by atoms with E-state index in [9.17, 15) is 9.90 Å². The number of carboxylic acid groups (broad SMARTS) is 1. The highest BCUT2D eigenvalue weighted by Gasteiger charge is 2.25. The molecule has 2 aliphatic rings. The largest absolute Gasteiger partial charge is 0.464 e. The Morgan fingerprint density at radius 3 is 2.89 bits per heavy atom. The fourth-order valence-corrected chi connectivity index (χ4v) is 2.70. The normalized spacial score (nSPS) is 18.6. The van der Waals surface area contributed by atoms with Gasteiger partial charge in [0.1, 0.15) is 0 Å². The van der Waals surface area contributed by atoms with Gasteiger partial charge in [0.25, 0.3) is 0 Å². The van der Waals surface area contributed by atoms with E-state index in [0.717, 1.165) is 42.9 Å². The molecule has 94 valence electrons. The molecule has 1 aromatic carbocycles. The minimum absolute atomic E-state index is 0.784. The zero-order valence-corrected chi connectivity index (χ0v) is 10.2. The smallest absolute Gasteiger partial charge is 0.416 e. The molecular formula is C14H16N2O2. The van der Waals surface area contributed by atoms with Gasteiger partial charge in [-0.1, -0.05) is 18.2 Å². The van der Waals surface area contributed by atoms with Crippen LogP contribution in [-0.2, 0) is 6.54 Å². The van der Waals surface area contributed by atoms with Crippen LogP contribution in [0.4, 0.5) is 10.5 Å². The van der Waals surface area contributed by atoms with Crippen molar-refractivity contribution in [3.63, 3.8) is 0 Å². The molecule has 0 spiro atoms. The third-order valence-electron chi connectivity index (χ3n) is 3.61. The SMILES string of the molecule is O=C(O)N1C=C2CCCCN2Cc2ccccc21. The van der Waals surface area contributed by atoms with E-state index in [2.05, 4.69) is 4.90 Å². The van der Waals surface area contributed by atoms with Crippen molar-refractivity contribution < 1.29 is 9.90 Å². The van der Waals surface area contributed by atoms with Crippen LogP contribution in [0.3, 0.4) is 0 Å². The minimum Gasteiger partial charge on any atom is -0.464 e. The zero-order chi connectivity index (χ0) is 12.5. The zero-order valence-electron chi connectivity index (χ0n) is 10.2. The first-order valence-electron chi connectivity index (χ1n) is 6.31. The first kappa shape index (κ1) is 11.1. The number of hydrogen-bond donors (Lipinski definition) is 1. The van der Waals surface area contributed by atoms with E-state index in [1.807, 2.05) is 24.3 Å². The predicted octanol–water partition coefficient (Wildman–Crippen LogP) is 3.01. The van der Waals surface area contributed by atoms with E-state index in [-0.39, 0.29) is 0 Å². The molecule has 0 unspecified atom stereocenters. The molecule has 1 aromatic rings. The number of rotatable bonds is 0. The second-order valence-electron chi connectivity index (χ2n) is 4.78. The number of carbonyl (C=O) groups is 1. The fourth-order valence-electron chi connectivity index (χ4n) is 2.70. The number of fused-ring (bicyclic) bond motifs is 2.